The Morgan fingerprint density at radius 2 is 1.23 bits per heavy atom. The van der Waals surface area contributed by atoms with Gasteiger partial charge in [0.05, 0.1) is 32.5 Å². The Bertz CT molecular complexity index is 1520. The highest BCUT2D eigenvalue weighted by Gasteiger charge is 2.13. The number of fused-ring (bicyclic) bond motifs is 1. The Balaban J connectivity index is 1.67. The van der Waals surface area contributed by atoms with Crippen LogP contribution in [-0.4, -0.2) is 25.7 Å². The molecule has 35 heavy (non-hydrogen) atoms. The molecule has 5 rings (SSSR count). The zero-order valence-corrected chi connectivity index (χ0v) is 19.9. The molecule has 0 atom stereocenters. The summed E-state index contributed by atoms with van der Waals surface area (Å²) in [6, 6.07) is 31.0. The smallest absolute Gasteiger partial charge is 0.203 e. The molecule has 0 aliphatic rings. The summed E-state index contributed by atoms with van der Waals surface area (Å²) in [6.07, 6.45) is 2.15. The number of ether oxygens (including phenoxy) is 3. The van der Waals surface area contributed by atoms with Gasteiger partial charge in [0.15, 0.2) is 11.5 Å². The van der Waals surface area contributed by atoms with Gasteiger partial charge in [-0.2, -0.15) is 0 Å². The first-order valence-corrected chi connectivity index (χ1v) is 11.3. The van der Waals surface area contributed by atoms with E-state index in [1.165, 1.54) is 0 Å². The van der Waals surface area contributed by atoms with Crippen LogP contribution in [0, 0.1) is 11.8 Å². The third-order valence-electron chi connectivity index (χ3n) is 5.95. The number of methoxy groups -OCH3 is 3. The second kappa shape index (κ2) is 9.70. The average molecular weight is 460 g/mol. The molecular formula is C31H25NO3. The lowest BCUT2D eigenvalue weighted by Gasteiger charge is -2.12. The summed E-state index contributed by atoms with van der Waals surface area (Å²) in [4.78, 5) is 0. The van der Waals surface area contributed by atoms with Gasteiger partial charge in [-0.05, 0) is 52.9 Å². The summed E-state index contributed by atoms with van der Waals surface area (Å²) < 4.78 is 18.5. The fraction of sp³-hybridized carbons (Fsp3) is 0.0968. The van der Waals surface area contributed by atoms with Crippen molar-refractivity contribution in [3.05, 3.63) is 108 Å². The van der Waals surface area contributed by atoms with Gasteiger partial charge in [-0.3, -0.25) is 0 Å². The number of hydrogen-bond donors (Lipinski definition) is 0. The minimum absolute atomic E-state index is 0.550. The van der Waals surface area contributed by atoms with Gasteiger partial charge < -0.3 is 18.6 Å². The van der Waals surface area contributed by atoms with Crippen LogP contribution in [0.15, 0.2) is 97.2 Å². The monoisotopic (exact) mass is 459 g/mol. The van der Waals surface area contributed by atoms with Gasteiger partial charge in [-0.25, -0.2) is 0 Å². The van der Waals surface area contributed by atoms with E-state index in [0.29, 0.717) is 17.2 Å². The average Bonchev–Trinajstić information content (AvgIpc) is 3.34. The minimum atomic E-state index is 0.550. The molecule has 3 aromatic carbocycles. The first-order valence-electron chi connectivity index (χ1n) is 11.3. The van der Waals surface area contributed by atoms with Crippen molar-refractivity contribution >= 4 is 5.52 Å². The number of pyridine rings is 1. The summed E-state index contributed by atoms with van der Waals surface area (Å²) in [5.41, 5.74) is 7.38. The number of nitrogens with zero attached hydrogens (tertiary/aromatic N) is 1. The Kier molecular flexibility index (Phi) is 6.15. The molecule has 0 aliphatic carbocycles. The molecule has 4 nitrogen and oxygen atoms in total. The molecule has 5 aromatic rings. The molecule has 0 saturated carbocycles. The summed E-state index contributed by atoms with van der Waals surface area (Å²) in [6.45, 7) is 0. The van der Waals surface area contributed by atoms with Crippen LogP contribution in [-0.2, 0) is 0 Å². The van der Waals surface area contributed by atoms with Gasteiger partial charge in [0.25, 0.3) is 0 Å². The molecule has 0 fully saturated rings. The van der Waals surface area contributed by atoms with E-state index in [0.717, 1.165) is 39.0 Å². The van der Waals surface area contributed by atoms with E-state index in [-0.39, 0.29) is 0 Å². The first-order chi connectivity index (χ1) is 17.2. The first kappa shape index (κ1) is 22.2. The van der Waals surface area contributed by atoms with Crippen LogP contribution >= 0.6 is 0 Å². The molecule has 0 amide bonds. The highest BCUT2D eigenvalue weighted by Crippen LogP contribution is 2.38. The van der Waals surface area contributed by atoms with Gasteiger partial charge >= 0.3 is 0 Å². The van der Waals surface area contributed by atoms with Crippen LogP contribution in [0.1, 0.15) is 11.3 Å². The van der Waals surface area contributed by atoms with Crippen LogP contribution in [0.4, 0.5) is 0 Å². The van der Waals surface area contributed by atoms with Gasteiger partial charge in [0, 0.05) is 17.3 Å². The summed E-state index contributed by atoms with van der Waals surface area (Å²) >= 11 is 0. The van der Waals surface area contributed by atoms with E-state index in [1.807, 2.05) is 24.3 Å². The number of hydrogen-bond acceptors (Lipinski definition) is 3. The second-order valence-corrected chi connectivity index (χ2v) is 8.01. The van der Waals surface area contributed by atoms with Gasteiger partial charge in [0.1, 0.15) is 0 Å². The fourth-order valence-electron chi connectivity index (χ4n) is 4.24. The fourth-order valence-corrected chi connectivity index (χ4v) is 4.24. The Labute approximate surface area is 205 Å². The molecule has 0 bridgehead atoms. The molecule has 2 aromatic heterocycles. The predicted octanol–water partition coefficient (Wildman–Crippen LogP) is 6.70. The third-order valence-corrected chi connectivity index (χ3v) is 5.95. The largest absolute Gasteiger partial charge is 0.493 e. The van der Waals surface area contributed by atoms with E-state index >= 15 is 0 Å². The van der Waals surface area contributed by atoms with Crippen molar-refractivity contribution in [3.8, 4) is 51.3 Å². The highest BCUT2D eigenvalue weighted by molar-refractivity contribution is 5.85. The molecule has 0 spiro atoms. The number of benzene rings is 3. The molecule has 172 valence electrons. The third kappa shape index (κ3) is 4.32. The van der Waals surface area contributed by atoms with Crippen LogP contribution in [0.5, 0.6) is 17.2 Å². The maximum absolute atomic E-state index is 5.48. The van der Waals surface area contributed by atoms with Crippen molar-refractivity contribution in [2.45, 2.75) is 0 Å². The van der Waals surface area contributed by atoms with Crippen LogP contribution in [0.25, 0.3) is 27.8 Å². The molecule has 2 heterocycles. The summed E-state index contributed by atoms with van der Waals surface area (Å²) in [5, 5.41) is 0. The predicted molar refractivity (Wildman–Crippen MR) is 140 cm³/mol. The van der Waals surface area contributed by atoms with Gasteiger partial charge in [0.2, 0.25) is 5.75 Å². The van der Waals surface area contributed by atoms with E-state index in [2.05, 4.69) is 89.2 Å². The zero-order chi connectivity index (χ0) is 24.2. The van der Waals surface area contributed by atoms with Crippen molar-refractivity contribution in [1.82, 2.24) is 4.40 Å². The summed E-state index contributed by atoms with van der Waals surface area (Å²) in [7, 11) is 4.80. The Morgan fingerprint density at radius 3 is 1.83 bits per heavy atom. The van der Waals surface area contributed by atoms with E-state index < -0.39 is 0 Å². The molecule has 0 radical (unpaired) electrons. The Morgan fingerprint density at radius 1 is 0.600 bits per heavy atom. The van der Waals surface area contributed by atoms with Crippen molar-refractivity contribution in [2.24, 2.45) is 0 Å². The van der Waals surface area contributed by atoms with Crippen LogP contribution < -0.4 is 14.2 Å². The molecule has 0 unspecified atom stereocenters. The SMILES string of the molecule is COc1cc(C#Cc2ccc3c(-c4ccccc4)cc(-c4ccccc4)cn23)cc(OC)c1OC. The molecule has 4 heteroatoms. The maximum atomic E-state index is 5.48. The van der Waals surface area contributed by atoms with Crippen molar-refractivity contribution in [3.63, 3.8) is 0 Å². The van der Waals surface area contributed by atoms with Gasteiger partial charge in [-0.1, -0.05) is 66.6 Å². The van der Waals surface area contributed by atoms with Crippen molar-refractivity contribution in [2.75, 3.05) is 21.3 Å². The molecular weight excluding hydrogens is 434 g/mol. The lowest BCUT2D eigenvalue weighted by molar-refractivity contribution is 0.324. The van der Waals surface area contributed by atoms with Crippen molar-refractivity contribution in [1.29, 1.82) is 0 Å². The lowest BCUT2D eigenvalue weighted by atomic mass is 10.0. The van der Waals surface area contributed by atoms with E-state index in [1.54, 1.807) is 21.3 Å². The van der Waals surface area contributed by atoms with E-state index in [9.17, 15) is 0 Å². The zero-order valence-electron chi connectivity index (χ0n) is 19.9. The van der Waals surface area contributed by atoms with Crippen LogP contribution in [0.2, 0.25) is 0 Å². The van der Waals surface area contributed by atoms with Gasteiger partial charge in [-0.15, -0.1) is 0 Å². The molecule has 0 saturated heterocycles. The van der Waals surface area contributed by atoms with Crippen molar-refractivity contribution < 1.29 is 14.2 Å². The lowest BCUT2D eigenvalue weighted by Crippen LogP contribution is -1.96. The minimum Gasteiger partial charge on any atom is -0.493 e. The second-order valence-electron chi connectivity index (χ2n) is 8.01. The highest BCUT2D eigenvalue weighted by atomic mass is 16.5. The normalized spacial score (nSPS) is 10.5. The maximum Gasteiger partial charge on any atom is 0.203 e. The number of rotatable bonds is 5. The topological polar surface area (TPSA) is 32.1 Å². The van der Waals surface area contributed by atoms with Crippen LogP contribution in [0.3, 0.4) is 0 Å². The Hall–Kier alpha value is -4.62. The standard InChI is InChI=1S/C31H25NO3/c1-33-29-18-22(19-30(34-2)31(29)35-3)14-15-26-16-17-28-27(24-12-8-5-9-13-24)20-25(21-32(26)28)23-10-6-4-7-11-23/h4-13,16-21H,1-3H3. The summed E-state index contributed by atoms with van der Waals surface area (Å²) in [5.74, 6) is 8.32. The quantitative estimate of drug-likeness (QED) is 0.274. The molecule has 0 aliphatic heterocycles. The number of aromatic nitrogens is 1. The molecule has 0 N–H and O–H groups in total. The van der Waals surface area contributed by atoms with E-state index in [4.69, 9.17) is 14.2 Å².